The number of anilines is 1. The predicted molar refractivity (Wildman–Crippen MR) is 78.6 cm³/mol. The van der Waals surface area contributed by atoms with Crippen LogP contribution in [0.1, 0.15) is 29.8 Å². The standard InChI is InChI=1S/C15H21N3O2/c1-15(2,8-16)9-18(3)14(20)10-4-5-12-11(6-10)7-13(19)17-12/h4-6H,7-9,16H2,1-3H3,(H,17,19). The van der Waals surface area contributed by atoms with E-state index in [1.165, 1.54) is 0 Å². The molecule has 20 heavy (non-hydrogen) atoms. The van der Waals surface area contributed by atoms with Gasteiger partial charge in [-0.05, 0) is 35.7 Å². The van der Waals surface area contributed by atoms with Crippen molar-refractivity contribution in [3.8, 4) is 0 Å². The molecule has 0 spiro atoms. The molecule has 0 radical (unpaired) electrons. The number of rotatable bonds is 4. The van der Waals surface area contributed by atoms with E-state index in [-0.39, 0.29) is 17.2 Å². The Morgan fingerprint density at radius 2 is 2.15 bits per heavy atom. The summed E-state index contributed by atoms with van der Waals surface area (Å²) in [5, 5.41) is 2.76. The van der Waals surface area contributed by atoms with Gasteiger partial charge in [-0.2, -0.15) is 0 Å². The maximum atomic E-state index is 12.4. The highest BCUT2D eigenvalue weighted by Gasteiger charge is 2.24. The van der Waals surface area contributed by atoms with Crippen molar-refractivity contribution in [2.45, 2.75) is 20.3 Å². The summed E-state index contributed by atoms with van der Waals surface area (Å²) in [6, 6.07) is 5.33. The van der Waals surface area contributed by atoms with Gasteiger partial charge >= 0.3 is 0 Å². The molecule has 0 unspecified atom stereocenters. The van der Waals surface area contributed by atoms with Crippen molar-refractivity contribution in [1.29, 1.82) is 0 Å². The van der Waals surface area contributed by atoms with E-state index < -0.39 is 0 Å². The highest BCUT2D eigenvalue weighted by molar-refractivity contribution is 6.01. The molecule has 1 heterocycles. The van der Waals surface area contributed by atoms with E-state index in [1.807, 2.05) is 13.8 Å². The third-order valence-electron chi connectivity index (χ3n) is 3.54. The first-order chi connectivity index (χ1) is 9.32. The number of carbonyl (C=O) groups is 2. The summed E-state index contributed by atoms with van der Waals surface area (Å²) in [4.78, 5) is 25.4. The fourth-order valence-electron chi connectivity index (χ4n) is 2.36. The van der Waals surface area contributed by atoms with Crippen LogP contribution in [0.15, 0.2) is 18.2 Å². The first-order valence-corrected chi connectivity index (χ1v) is 6.71. The second-order valence-electron chi connectivity index (χ2n) is 6.13. The first-order valence-electron chi connectivity index (χ1n) is 6.71. The Morgan fingerprint density at radius 3 is 2.80 bits per heavy atom. The van der Waals surface area contributed by atoms with Gasteiger partial charge in [-0.25, -0.2) is 0 Å². The summed E-state index contributed by atoms with van der Waals surface area (Å²) in [5.74, 6) is -0.0732. The molecule has 1 aromatic carbocycles. The van der Waals surface area contributed by atoms with Crippen molar-refractivity contribution in [2.75, 3.05) is 25.5 Å². The summed E-state index contributed by atoms with van der Waals surface area (Å²) in [6.07, 6.45) is 0.342. The van der Waals surface area contributed by atoms with Crippen molar-refractivity contribution >= 4 is 17.5 Å². The molecule has 2 amide bonds. The molecule has 108 valence electrons. The summed E-state index contributed by atoms with van der Waals surface area (Å²) >= 11 is 0. The van der Waals surface area contributed by atoms with Gasteiger partial charge in [0, 0.05) is 24.8 Å². The van der Waals surface area contributed by atoms with E-state index in [0.29, 0.717) is 25.1 Å². The summed E-state index contributed by atoms with van der Waals surface area (Å²) < 4.78 is 0. The Labute approximate surface area is 119 Å². The van der Waals surface area contributed by atoms with Gasteiger partial charge in [0.2, 0.25) is 5.91 Å². The summed E-state index contributed by atoms with van der Waals surface area (Å²) in [6.45, 7) is 5.17. The van der Waals surface area contributed by atoms with Crippen LogP contribution in [0.5, 0.6) is 0 Å². The molecule has 3 N–H and O–H groups in total. The fraction of sp³-hybridized carbons (Fsp3) is 0.467. The van der Waals surface area contributed by atoms with Crippen LogP contribution in [0.2, 0.25) is 0 Å². The monoisotopic (exact) mass is 275 g/mol. The van der Waals surface area contributed by atoms with Crippen LogP contribution in [0.4, 0.5) is 5.69 Å². The number of amides is 2. The van der Waals surface area contributed by atoms with E-state index in [1.54, 1.807) is 30.1 Å². The Hall–Kier alpha value is -1.88. The Kier molecular flexibility index (Phi) is 3.81. The summed E-state index contributed by atoms with van der Waals surface area (Å²) in [7, 11) is 1.77. The molecular weight excluding hydrogens is 254 g/mol. The van der Waals surface area contributed by atoms with Crippen LogP contribution in [0.3, 0.4) is 0 Å². The highest BCUT2D eigenvalue weighted by atomic mass is 16.2. The van der Waals surface area contributed by atoms with Crippen LogP contribution in [0, 0.1) is 5.41 Å². The number of benzene rings is 1. The molecular formula is C15H21N3O2. The van der Waals surface area contributed by atoms with Crippen LogP contribution in [-0.2, 0) is 11.2 Å². The molecule has 2 rings (SSSR count). The average Bonchev–Trinajstić information content (AvgIpc) is 2.76. The van der Waals surface area contributed by atoms with E-state index >= 15 is 0 Å². The zero-order chi connectivity index (χ0) is 14.9. The van der Waals surface area contributed by atoms with E-state index in [0.717, 1.165) is 11.3 Å². The van der Waals surface area contributed by atoms with Crippen molar-refractivity contribution in [1.82, 2.24) is 4.90 Å². The number of carbonyl (C=O) groups excluding carboxylic acids is 2. The van der Waals surface area contributed by atoms with Gasteiger partial charge in [-0.1, -0.05) is 13.8 Å². The lowest BCUT2D eigenvalue weighted by atomic mass is 9.93. The molecule has 0 bridgehead atoms. The Bertz CT molecular complexity index is 552. The number of nitrogens with zero attached hydrogens (tertiary/aromatic N) is 1. The maximum Gasteiger partial charge on any atom is 0.253 e. The van der Waals surface area contributed by atoms with E-state index in [9.17, 15) is 9.59 Å². The number of nitrogens with one attached hydrogen (secondary N) is 1. The van der Waals surface area contributed by atoms with Crippen LogP contribution in [-0.4, -0.2) is 36.9 Å². The highest BCUT2D eigenvalue weighted by Crippen LogP contribution is 2.24. The smallest absolute Gasteiger partial charge is 0.253 e. The van der Waals surface area contributed by atoms with Crippen LogP contribution in [0.25, 0.3) is 0 Å². The first kappa shape index (κ1) is 14.5. The number of nitrogens with two attached hydrogens (primary N) is 1. The molecule has 0 fully saturated rings. The predicted octanol–water partition coefficient (Wildman–Crippen LogP) is 1.24. The van der Waals surface area contributed by atoms with Gasteiger partial charge < -0.3 is 16.0 Å². The Balaban J connectivity index is 2.14. The zero-order valence-electron chi connectivity index (χ0n) is 12.2. The van der Waals surface area contributed by atoms with Gasteiger partial charge in [-0.3, -0.25) is 9.59 Å². The van der Waals surface area contributed by atoms with Gasteiger partial charge in [0.15, 0.2) is 0 Å². The van der Waals surface area contributed by atoms with E-state index in [2.05, 4.69) is 5.32 Å². The quantitative estimate of drug-likeness (QED) is 0.868. The normalized spacial score (nSPS) is 13.9. The largest absolute Gasteiger partial charge is 0.341 e. The van der Waals surface area contributed by atoms with Crippen molar-refractivity contribution in [2.24, 2.45) is 11.1 Å². The third-order valence-corrected chi connectivity index (χ3v) is 3.54. The second kappa shape index (κ2) is 5.25. The lowest BCUT2D eigenvalue weighted by Gasteiger charge is -2.29. The molecule has 5 heteroatoms. The van der Waals surface area contributed by atoms with Crippen molar-refractivity contribution in [3.63, 3.8) is 0 Å². The second-order valence-corrected chi connectivity index (χ2v) is 6.13. The molecule has 1 aromatic rings. The fourth-order valence-corrected chi connectivity index (χ4v) is 2.36. The SMILES string of the molecule is CN(CC(C)(C)CN)C(=O)c1ccc2c(c1)CC(=O)N2. The van der Waals surface area contributed by atoms with Crippen molar-refractivity contribution in [3.05, 3.63) is 29.3 Å². The number of hydrogen-bond donors (Lipinski definition) is 2. The molecule has 0 aliphatic carbocycles. The topological polar surface area (TPSA) is 75.4 Å². The third kappa shape index (κ3) is 2.99. The summed E-state index contributed by atoms with van der Waals surface area (Å²) in [5.41, 5.74) is 7.88. The van der Waals surface area contributed by atoms with Gasteiger partial charge in [-0.15, -0.1) is 0 Å². The molecule has 0 aromatic heterocycles. The van der Waals surface area contributed by atoms with E-state index in [4.69, 9.17) is 5.73 Å². The minimum atomic E-state index is -0.112. The number of fused-ring (bicyclic) bond motifs is 1. The average molecular weight is 275 g/mol. The minimum absolute atomic E-state index is 0.0257. The maximum absolute atomic E-state index is 12.4. The molecule has 0 saturated heterocycles. The molecule has 1 aliphatic heterocycles. The van der Waals surface area contributed by atoms with Crippen LogP contribution < -0.4 is 11.1 Å². The lowest BCUT2D eigenvalue weighted by molar-refractivity contribution is -0.115. The molecule has 0 saturated carbocycles. The van der Waals surface area contributed by atoms with Crippen LogP contribution >= 0.6 is 0 Å². The minimum Gasteiger partial charge on any atom is -0.341 e. The molecule has 1 aliphatic rings. The molecule has 0 atom stereocenters. The lowest BCUT2D eigenvalue weighted by Crippen LogP contribution is -2.39. The number of hydrogen-bond acceptors (Lipinski definition) is 3. The van der Waals surface area contributed by atoms with Gasteiger partial charge in [0.05, 0.1) is 6.42 Å². The zero-order valence-corrected chi connectivity index (χ0v) is 12.2. The van der Waals surface area contributed by atoms with Gasteiger partial charge in [0.25, 0.3) is 5.91 Å². The Morgan fingerprint density at radius 1 is 1.45 bits per heavy atom. The van der Waals surface area contributed by atoms with Gasteiger partial charge in [0.1, 0.15) is 0 Å². The molecule has 5 nitrogen and oxygen atoms in total. The van der Waals surface area contributed by atoms with Crippen molar-refractivity contribution < 1.29 is 9.59 Å².